The van der Waals surface area contributed by atoms with Gasteiger partial charge >= 0.3 is 0 Å². The molecule has 2 aromatic carbocycles. The first kappa shape index (κ1) is 38.7. The number of aryl methyl sites for hydroxylation is 2. The largest absolute Gasteiger partial charge is 0.508 e. The van der Waals surface area contributed by atoms with Crippen LogP contribution in [0, 0.1) is 25.7 Å². The normalized spacial score (nSPS) is 13.7. The molecule has 13 N–H and O–H groups in total. The number of nitrogens with two attached hydrogens (primary N) is 5. The van der Waals surface area contributed by atoms with Gasteiger partial charge in [0.15, 0.2) is 11.7 Å². The number of amides is 2. The number of unbranched alkanes of at least 4 members (excludes halogenated alkanes) is 1. The predicted molar refractivity (Wildman–Crippen MR) is 191 cm³/mol. The van der Waals surface area contributed by atoms with Crippen molar-refractivity contribution in [1.29, 1.82) is 0 Å². The van der Waals surface area contributed by atoms with Crippen molar-refractivity contribution in [3.63, 3.8) is 0 Å². The third-order valence-electron chi connectivity index (χ3n) is 8.97. The fourth-order valence-electron chi connectivity index (χ4n) is 6.19. The molecular formula is C36H52N8O5. The monoisotopic (exact) mass is 676 g/mol. The number of rotatable bonds is 21. The van der Waals surface area contributed by atoms with Gasteiger partial charge in [0.1, 0.15) is 11.5 Å². The Kier molecular flexibility index (Phi) is 14.8. The van der Waals surface area contributed by atoms with Crippen LogP contribution in [0.5, 0.6) is 5.75 Å². The molecule has 13 heteroatoms. The number of fused-ring (bicyclic) bond motifs is 1. The molecule has 0 aliphatic carbocycles. The Hall–Kier alpha value is -4.75. The van der Waals surface area contributed by atoms with Gasteiger partial charge in [-0.3, -0.25) is 24.2 Å². The molecule has 13 nitrogen and oxygen atoms in total. The number of aliphatic imine (C=N–C) groups is 1. The molecule has 1 aromatic heterocycles. The number of carbonyl (C=O) groups is 4. The van der Waals surface area contributed by atoms with Crippen molar-refractivity contribution in [3.8, 4) is 5.75 Å². The molecule has 0 spiro atoms. The number of primary amides is 1. The van der Waals surface area contributed by atoms with Gasteiger partial charge in [0, 0.05) is 48.3 Å². The molecule has 4 atom stereocenters. The number of carbonyl (C=O) groups excluding carboxylic acids is 4. The number of H-pyrrole nitrogens is 1. The Labute approximate surface area is 287 Å². The van der Waals surface area contributed by atoms with Gasteiger partial charge in [-0.05, 0) is 106 Å². The standard InChI is InChI=1S/C36H52N8O5/c1-21-14-26(45)15-22(2)28(21)17-24(19-32(46)29(38)9-7-13-42-36(40)41)35(49)44-31(11-5-6-12-37)33(47)18-23(34(39)48)16-25-20-43-30-10-4-3-8-27(25)30/h3-4,8,10,14-15,20,23-24,29,31,43,45H,5-7,9,11-13,16-19,37-38H2,1-2H3,(H2,39,48)(H,44,49)(H4,40,41,42)/t23-,24-,29-,31+/m1/s1. The van der Waals surface area contributed by atoms with E-state index in [1.54, 1.807) is 12.1 Å². The smallest absolute Gasteiger partial charge is 0.224 e. The van der Waals surface area contributed by atoms with Crippen LogP contribution in [0.2, 0.25) is 0 Å². The van der Waals surface area contributed by atoms with Gasteiger partial charge in [-0.15, -0.1) is 0 Å². The number of aromatic amines is 1. The zero-order chi connectivity index (χ0) is 36.1. The fourth-order valence-corrected chi connectivity index (χ4v) is 6.19. The molecule has 1 heterocycles. The van der Waals surface area contributed by atoms with E-state index in [1.807, 2.05) is 44.3 Å². The molecule has 49 heavy (non-hydrogen) atoms. The second-order valence-electron chi connectivity index (χ2n) is 12.9. The van der Waals surface area contributed by atoms with Gasteiger partial charge in [0.25, 0.3) is 0 Å². The number of guanidine groups is 1. The summed E-state index contributed by atoms with van der Waals surface area (Å²) in [6.07, 6.45) is 4.24. The molecule has 0 radical (unpaired) electrons. The zero-order valence-corrected chi connectivity index (χ0v) is 28.5. The molecule has 0 fully saturated rings. The van der Waals surface area contributed by atoms with Crippen LogP contribution in [0.3, 0.4) is 0 Å². The van der Waals surface area contributed by atoms with Gasteiger partial charge in [0.2, 0.25) is 11.8 Å². The minimum absolute atomic E-state index is 0.0491. The quantitative estimate of drug-likeness (QED) is 0.0465. The molecule has 2 amide bonds. The highest BCUT2D eigenvalue weighted by Gasteiger charge is 2.31. The topological polar surface area (TPSA) is 259 Å². The van der Waals surface area contributed by atoms with Crippen molar-refractivity contribution in [3.05, 3.63) is 64.8 Å². The number of nitrogens with one attached hydrogen (secondary N) is 2. The third kappa shape index (κ3) is 11.7. The maximum absolute atomic E-state index is 14.0. The summed E-state index contributed by atoms with van der Waals surface area (Å²) >= 11 is 0. The van der Waals surface area contributed by atoms with E-state index in [9.17, 15) is 24.3 Å². The lowest BCUT2D eigenvalue weighted by Crippen LogP contribution is -2.46. The van der Waals surface area contributed by atoms with E-state index in [4.69, 9.17) is 28.7 Å². The minimum atomic E-state index is -0.920. The maximum atomic E-state index is 14.0. The molecular weight excluding hydrogens is 624 g/mol. The SMILES string of the molecule is Cc1cc(O)cc(C)c1C[C@H](CC(=O)[C@H](N)CCCN=C(N)N)C(=O)N[C@@H](CCCCN)C(=O)C[C@@H](Cc1c[nH]c2ccccc12)C(N)=O. The number of phenolic OH excluding ortho intramolecular Hbond substituents is 1. The van der Waals surface area contributed by atoms with Crippen LogP contribution in [0.25, 0.3) is 10.9 Å². The van der Waals surface area contributed by atoms with Crippen LogP contribution >= 0.6 is 0 Å². The van der Waals surface area contributed by atoms with Gasteiger partial charge in [-0.1, -0.05) is 18.2 Å². The minimum Gasteiger partial charge on any atom is -0.508 e. The second-order valence-corrected chi connectivity index (χ2v) is 12.9. The van der Waals surface area contributed by atoms with Crippen molar-refractivity contribution in [1.82, 2.24) is 10.3 Å². The summed E-state index contributed by atoms with van der Waals surface area (Å²) in [4.78, 5) is 60.9. The zero-order valence-electron chi connectivity index (χ0n) is 28.5. The lowest BCUT2D eigenvalue weighted by Gasteiger charge is -2.25. The Morgan fingerprint density at radius 1 is 0.898 bits per heavy atom. The molecule has 0 saturated heterocycles. The Balaban J connectivity index is 1.83. The van der Waals surface area contributed by atoms with Crippen molar-refractivity contribution in [2.24, 2.45) is 45.5 Å². The summed E-state index contributed by atoms with van der Waals surface area (Å²) in [5.41, 5.74) is 32.6. The number of aromatic hydroxyl groups is 1. The van der Waals surface area contributed by atoms with Crippen molar-refractivity contribution >= 4 is 40.2 Å². The highest BCUT2D eigenvalue weighted by Crippen LogP contribution is 2.26. The van der Waals surface area contributed by atoms with E-state index < -0.39 is 35.7 Å². The number of Topliss-reactive ketones (excluding diaryl/α,β-unsaturated/α-hetero) is 2. The molecule has 3 aromatic rings. The maximum Gasteiger partial charge on any atom is 0.224 e. The Morgan fingerprint density at radius 3 is 2.22 bits per heavy atom. The van der Waals surface area contributed by atoms with Gasteiger partial charge in [-0.2, -0.15) is 0 Å². The Bertz CT molecular complexity index is 1610. The van der Waals surface area contributed by atoms with Gasteiger partial charge in [0.05, 0.1) is 12.1 Å². The highest BCUT2D eigenvalue weighted by molar-refractivity contribution is 5.95. The molecule has 0 aliphatic rings. The van der Waals surface area contributed by atoms with E-state index >= 15 is 0 Å². The van der Waals surface area contributed by atoms with E-state index in [2.05, 4.69) is 15.3 Å². The number of hydrogen-bond acceptors (Lipinski definition) is 8. The van der Waals surface area contributed by atoms with Crippen molar-refractivity contribution in [2.75, 3.05) is 13.1 Å². The number of para-hydroxylation sites is 1. The lowest BCUT2D eigenvalue weighted by atomic mass is 9.86. The molecule has 0 saturated carbocycles. The number of benzene rings is 2. The van der Waals surface area contributed by atoms with E-state index in [0.717, 1.165) is 33.2 Å². The number of nitrogens with zero attached hydrogens (tertiary/aromatic N) is 1. The first-order valence-electron chi connectivity index (χ1n) is 16.8. The van der Waals surface area contributed by atoms with Crippen LogP contribution in [0.4, 0.5) is 0 Å². The molecule has 3 rings (SSSR count). The Morgan fingerprint density at radius 2 is 1.57 bits per heavy atom. The molecule has 0 aliphatic heterocycles. The predicted octanol–water partition coefficient (Wildman–Crippen LogP) is 1.91. The molecule has 0 bridgehead atoms. The summed E-state index contributed by atoms with van der Waals surface area (Å²) in [7, 11) is 0. The average molecular weight is 677 g/mol. The first-order valence-corrected chi connectivity index (χ1v) is 16.8. The highest BCUT2D eigenvalue weighted by atomic mass is 16.3. The van der Waals surface area contributed by atoms with Crippen LogP contribution in [0.1, 0.15) is 67.2 Å². The summed E-state index contributed by atoms with van der Waals surface area (Å²) in [6.45, 7) is 4.38. The van der Waals surface area contributed by atoms with Crippen LogP contribution in [-0.4, -0.2) is 64.6 Å². The average Bonchev–Trinajstić information content (AvgIpc) is 3.45. The van der Waals surface area contributed by atoms with Crippen LogP contribution in [-0.2, 0) is 32.0 Å². The van der Waals surface area contributed by atoms with E-state index in [-0.39, 0.29) is 49.0 Å². The third-order valence-corrected chi connectivity index (χ3v) is 8.97. The summed E-state index contributed by atoms with van der Waals surface area (Å²) in [5, 5.41) is 13.9. The summed E-state index contributed by atoms with van der Waals surface area (Å²) in [5.74, 6) is -3.33. The number of aromatic nitrogens is 1. The molecule has 266 valence electrons. The van der Waals surface area contributed by atoms with Crippen molar-refractivity contribution in [2.45, 2.75) is 83.7 Å². The molecule has 0 unspecified atom stereocenters. The lowest BCUT2D eigenvalue weighted by molar-refractivity contribution is -0.133. The van der Waals surface area contributed by atoms with Crippen LogP contribution in [0.15, 0.2) is 47.6 Å². The second kappa shape index (κ2) is 18.7. The number of ketones is 2. The summed E-state index contributed by atoms with van der Waals surface area (Å²) < 4.78 is 0. The van der Waals surface area contributed by atoms with Gasteiger partial charge < -0.3 is 44.1 Å². The fraction of sp³-hybridized carbons (Fsp3) is 0.472. The van der Waals surface area contributed by atoms with Gasteiger partial charge in [-0.25, -0.2) is 0 Å². The first-order chi connectivity index (χ1) is 23.3. The van der Waals surface area contributed by atoms with E-state index in [0.29, 0.717) is 45.2 Å². The summed E-state index contributed by atoms with van der Waals surface area (Å²) in [6, 6.07) is 9.11. The van der Waals surface area contributed by atoms with Crippen LogP contribution < -0.4 is 34.0 Å². The van der Waals surface area contributed by atoms with E-state index in [1.165, 1.54) is 0 Å². The number of hydrogen-bond donors (Lipinski definition) is 8. The number of phenols is 1. The van der Waals surface area contributed by atoms with Crippen molar-refractivity contribution < 1.29 is 24.3 Å².